The van der Waals surface area contributed by atoms with Crippen molar-refractivity contribution in [1.29, 1.82) is 0 Å². The van der Waals surface area contributed by atoms with E-state index in [1.54, 1.807) is 13.0 Å². The number of fused-ring (bicyclic) bond motifs is 1. The molecule has 1 N–H and O–H groups in total. The molecule has 0 radical (unpaired) electrons. The van der Waals surface area contributed by atoms with Crippen LogP contribution in [0.5, 0.6) is 0 Å². The number of nitro groups is 1. The van der Waals surface area contributed by atoms with Gasteiger partial charge in [0.15, 0.2) is 6.29 Å². The van der Waals surface area contributed by atoms with Crippen molar-refractivity contribution in [2.75, 3.05) is 11.4 Å². The predicted octanol–water partition coefficient (Wildman–Crippen LogP) is 3.16. The Morgan fingerprint density at radius 1 is 1.24 bits per heavy atom. The van der Waals surface area contributed by atoms with Gasteiger partial charge in [-0.05, 0) is 35.6 Å². The number of hydrogen-bond acceptors (Lipinski definition) is 5. The van der Waals surface area contributed by atoms with Gasteiger partial charge in [0.2, 0.25) is 6.04 Å². The van der Waals surface area contributed by atoms with E-state index in [1.165, 1.54) is 0 Å². The van der Waals surface area contributed by atoms with Gasteiger partial charge in [0.1, 0.15) is 0 Å². The van der Waals surface area contributed by atoms with Crippen molar-refractivity contribution in [3.63, 3.8) is 0 Å². The molecule has 0 aromatic heterocycles. The highest BCUT2D eigenvalue weighted by Gasteiger charge is 2.31. The van der Waals surface area contributed by atoms with Crippen LogP contribution in [0.2, 0.25) is 0 Å². The Morgan fingerprint density at radius 3 is 2.59 bits per heavy atom. The first-order chi connectivity index (χ1) is 13.9. The van der Waals surface area contributed by atoms with Crippen molar-refractivity contribution in [2.24, 2.45) is 0 Å². The van der Waals surface area contributed by atoms with Crippen LogP contribution in [0.1, 0.15) is 40.4 Å². The molecule has 2 unspecified atom stereocenters. The van der Waals surface area contributed by atoms with E-state index in [-0.39, 0.29) is 23.8 Å². The molecule has 0 saturated carbocycles. The van der Waals surface area contributed by atoms with Crippen LogP contribution in [0.3, 0.4) is 0 Å². The van der Waals surface area contributed by atoms with E-state index < -0.39 is 12.0 Å². The first-order valence-corrected chi connectivity index (χ1v) is 9.66. The molecule has 0 saturated heterocycles. The van der Waals surface area contributed by atoms with Crippen LogP contribution in [0, 0.1) is 10.1 Å². The quantitative estimate of drug-likeness (QED) is 0.397. The highest BCUT2D eigenvalue weighted by atomic mass is 16.6. The van der Waals surface area contributed by atoms with E-state index in [2.05, 4.69) is 0 Å². The number of carboxylic acids is 1. The number of rotatable bonds is 9. The number of aliphatic carboxylic acids is 1. The minimum atomic E-state index is -0.886. The van der Waals surface area contributed by atoms with E-state index >= 15 is 0 Å². The highest BCUT2D eigenvalue weighted by molar-refractivity contribution is 5.88. The zero-order valence-corrected chi connectivity index (χ0v) is 16.3. The fraction of sp³-hybridized carbons (Fsp3) is 0.364. The first-order valence-electron chi connectivity index (χ1n) is 9.66. The molecule has 1 aliphatic heterocycles. The van der Waals surface area contributed by atoms with Crippen LogP contribution >= 0.6 is 0 Å². The average Bonchev–Trinajstić information content (AvgIpc) is 3.11. The summed E-state index contributed by atoms with van der Waals surface area (Å²) in [6.45, 7) is 2.16. The Labute approximate surface area is 169 Å². The number of benzene rings is 2. The van der Waals surface area contributed by atoms with Crippen molar-refractivity contribution >= 4 is 17.9 Å². The predicted molar refractivity (Wildman–Crippen MR) is 109 cm³/mol. The molecule has 152 valence electrons. The molecular formula is C22H24N2O5. The normalized spacial score (nSPS) is 14.9. The molecule has 7 nitrogen and oxygen atoms in total. The largest absolute Gasteiger partial charge is 0.481 e. The third kappa shape index (κ3) is 4.80. The molecule has 2 aromatic rings. The van der Waals surface area contributed by atoms with Crippen molar-refractivity contribution in [1.82, 2.24) is 0 Å². The van der Waals surface area contributed by atoms with Gasteiger partial charge in [-0.2, -0.15) is 0 Å². The molecule has 0 fully saturated rings. The zero-order valence-electron chi connectivity index (χ0n) is 16.3. The summed E-state index contributed by atoms with van der Waals surface area (Å²) in [5, 5.41) is 20.4. The molecule has 3 rings (SSSR count). The lowest BCUT2D eigenvalue weighted by Crippen LogP contribution is -2.38. The van der Waals surface area contributed by atoms with E-state index in [4.69, 9.17) is 0 Å². The van der Waals surface area contributed by atoms with Crippen molar-refractivity contribution < 1.29 is 19.6 Å². The summed E-state index contributed by atoms with van der Waals surface area (Å²) in [4.78, 5) is 36.0. The van der Waals surface area contributed by atoms with Crippen molar-refractivity contribution in [2.45, 2.75) is 44.7 Å². The summed E-state index contributed by atoms with van der Waals surface area (Å²) in [6.07, 6.45) is 2.22. The third-order valence-electron chi connectivity index (χ3n) is 5.37. The van der Waals surface area contributed by atoms with E-state index in [0.717, 1.165) is 28.7 Å². The molecule has 2 atom stereocenters. The van der Waals surface area contributed by atoms with Crippen LogP contribution in [-0.4, -0.2) is 40.9 Å². The highest BCUT2D eigenvalue weighted by Crippen LogP contribution is 2.35. The second kappa shape index (κ2) is 8.86. The molecule has 0 aliphatic carbocycles. The maximum atomic E-state index is 11.8. The summed E-state index contributed by atoms with van der Waals surface area (Å²) in [6, 6.07) is 12.3. The van der Waals surface area contributed by atoms with Crippen molar-refractivity contribution in [3.8, 4) is 0 Å². The maximum absolute atomic E-state index is 11.8. The lowest BCUT2D eigenvalue weighted by atomic mass is 9.97. The molecular weight excluding hydrogens is 372 g/mol. The molecule has 0 spiro atoms. The van der Waals surface area contributed by atoms with Crippen LogP contribution < -0.4 is 4.90 Å². The number of carboxylic acid groups (broad SMARTS) is 1. The topological polar surface area (TPSA) is 101 Å². The number of carbonyl (C=O) groups excluding carboxylic acids is 1. The number of carbonyl (C=O) groups is 2. The molecule has 0 bridgehead atoms. The molecule has 0 amide bonds. The van der Waals surface area contributed by atoms with Gasteiger partial charge in [-0.1, -0.05) is 36.4 Å². The lowest BCUT2D eigenvalue weighted by molar-refractivity contribution is -0.517. The Hall–Kier alpha value is -3.22. The van der Waals surface area contributed by atoms with Gasteiger partial charge in [0.05, 0.1) is 12.1 Å². The van der Waals surface area contributed by atoms with Gasteiger partial charge in [0.25, 0.3) is 0 Å². The monoisotopic (exact) mass is 396 g/mol. The summed E-state index contributed by atoms with van der Waals surface area (Å²) >= 11 is 0. The Balaban J connectivity index is 1.93. The van der Waals surface area contributed by atoms with Gasteiger partial charge in [-0.25, -0.2) is 0 Å². The number of anilines is 1. The molecule has 1 heterocycles. The molecule has 7 heteroatoms. The third-order valence-corrected chi connectivity index (χ3v) is 5.37. The van der Waals surface area contributed by atoms with E-state index in [1.807, 2.05) is 41.3 Å². The second-order valence-electron chi connectivity index (χ2n) is 7.53. The smallest absolute Gasteiger partial charge is 0.305 e. The van der Waals surface area contributed by atoms with Crippen LogP contribution in [0.15, 0.2) is 42.5 Å². The van der Waals surface area contributed by atoms with Gasteiger partial charge < -0.3 is 10.0 Å². The minimum Gasteiger partial charge on any atom is -0.481 e. The van der Waals surface area contributed by atoms with Crippen LogP contribution in [-0.2, 0) is 24.1 Å². The lowest BCUT2D eigenvalue weighted by Gasteiger charge is -2.30. The summed E-state index contributed by atoms with van der Waals surface area (Å²) < 4.78 is 0. The van der Waals surface area contributed by atoms with Gasteiger partial charge in [-0.3, -0.25) is 19.7 Å². The van der Waals surface area contributed by atoms with Gasteiger partial charge in [-0.15, -0.1) is 0 Å². The fourth-order valence-electron chi connectivity index (χ4n) is 4.05. The molecule has 29 heavy (non-hydrogen) atoms. The Morgan fingerprint density at radius 2 is 1.97 bits per heavy atom. The summed E-state index contributed by atoms with van der Waals surface area (Å²) in [5.41, 5.74) is 3.98. The molecule has 2 aromatic carbocycles. The zero-order chi connectivity index (χ0) is 21.0. The van der Waals surface area contributed by atoms with E-state index in [0.29, 0.717) is 24.9 Å². The van der Waals surface area contributed by atoms with Crippen LogP contribution in [0.25, 0.3) is 0 Å². The van der Waals surface area contributed by atoms with Crippen LogP contribution in [0.4, 0.5) is 5.69 Å². The number of hydrogen-bond donors (Lipinski definition) is 1. The van der Waals surface area contributed by atoms with Gasteiger partial charge in [0, 0.05) is 36.4 Å². The average molecular weight is 396 g/mol. The maximum Gasteiger partial charge on any atom is 0.305 e. The Bertz CT molecular complexity index is 913. The summed E-state index contributed by atoms with van der Waals surface area (Å²) in [5.74, 6) is -0.886. The summed E-state index contributed by atoms with van der Waals surface area (Å²) in [7, 11) is 0. The van der Waals surface area contributed by atoms with Gasteiger partial charge >= 0.3 is 5.97 Å². The second-order valence-corrected chi connectivity index (χ2v) is 7.53. The van der Waals surface area contributed by atoms with E-state index in [9.17, 15) is 24.8 Å². The standard InChI is InChI=1S/C22H24N2O5/c1-15(24(28)29)9-17-10-18-7-8-23(22(18)19(11-17)14-25)20(13-21(26)27)12-16-5-3-2-4-6-16/h2-6,10-11,14-15,20H,7-9,12-13H2,1H3,(H,26,27). The fourth-order valence-corrected chi connectivity index (χ4v) is 4.05. The minimum absolute atomic E-state index is 0.0350. The Kier molecular flexibility index (Phi) is 6.26. The molecule has 1 aliphatic rings. The first kappa shape index (κ1) is 20.5. The van der Waals surface area contributed by atoms with Crippen molar-refractivity contribution in [3.05, 3.63) is 74.8 Å². The number of aldehydes is 1. The number of nitrogens with zero attached hydrogens (tertiary/aromatic N) is 2. The SMILES string of the molecule is CC(Cc1cc(C=O)c2c(c1)CCN2C(CC(=O)O)Cc1ccccc1)[N+](=O)[O-].